The maximum atomic E-state index is 12.4. The number of carbonyl (C=O) groups is 3. The number of carbonyl (C=O) groups excluding carboxylic acids is 2. The van der Waals surface area contributed by atoms with Crippen molar-refractivity contribution in [3.63, 3.8) is 0 Å². The van der Waals surface area contributed by atoms with E-state index < -0.39 is 11.9 Å². The fourth-order valence-corrected chi connectivity index (χ4v) is 3.45. The molecular weight excluding hydrogens is 286 g/mol. The monoisotopic (exact) mass is 305 g/mol. The number of aryl methyl sites for hydroxylation is 1. The number of rotatable bonds is 3. The molecule has 1 saturated carbocycles. The quantitative estimate of drug-likeness (QED) is 0.891. The Balaban J connectivity index is 1.74. The number of ketones is 1. The summed E-state index contributed by atoms with van der Waals surface area (Å²) in [6, 6.07) is -0.147. The van der Waals surface area contributed by atoms with Crippen LogP contribution < -0.4 is 5.32 Å². The van der Waals surface area contributed by atoms with Gasteiger partial charge in [-0.3, -0.25) is 14.4 Å². The van der Waals surface area contributed by atoms with Crippen molar-refractivity contribution in [1.82, 2.24) is 5.32 Å². The molecule has 0 unspecified atom stereocenters. The van der Waals surface area contributed by atoms with E-state index in [1.807, 2.05) is 0 Å². The van der Waals surface area contributed by atoms with E-state index in [1.165, 1.54) is 0 Å². The molecule has 3 rings (SSSR count). The van der Waals surface area contributed by atoms with Crippen molar-refractivity contribution in [2.45, 2.75) is 51.5 Å². The van der Waals surface area contributed by atoms with Crippen molar-refractivity contribution in [3.8, 4) is 0 Å². The number of furan rings is 1. The molecule has 2 aliphatic rings. The van der Waals surface area contributed by atoms with Gasteiger partial charge in [0, 0.05) is 24.4 Å². The van der Waals surface area contributed by atoms with E-state index in [2.05, 4.69) is 5.32 Å². The summed E-state index contributed by atoms with van der Waals surface area (Å²) >= 11 is 0. The normalized spacial score (nSPS) is 24.1. The molecule has 2 atom stereocenters. The van der Waals surface area contributed by atoms with Crippen LogP contribution in [-0.2, 0) is 11.2 Å². The molecule has 0 aliphatic heterocycles. The molecule has 1 fully saturated rings. The van der Waals surface area contributed by atoms with E-state index in [9.17, 15) is 14.4 Å². The van der Waals surface area contributed by atoms with Gasteiger partial charge in [0.05, 0.1) is 11.5 Å². The first-order chi connectivity index (χ1) is 10.5. The summed E-state index contributed by atoms with van der Waals surface area (Å²) in [6.07, 6.45) is 3.60. The van der Waals surface area contributed by atoms with Crippen LogP contribution in [0.15, 0.2) is 4.42 Å². The standard InChI is InChI=1S/C16H19NO5/c1-8-13-11(18)3-2-4-12(13)22-14(8)15(19)17-10-6-5-9(7-10)16(20)21/h9-10H,2-7H2,1H3,(H,17,19)(H,20,21)/t9-,10+/m0/s1. The number of carboxylic acids is 1. The van der Waals surface area contributed by atoms with E-state index in [0.29, 0.717) is 49.0 Å². The Morgan fingerprint density at radius 1 is 1.27 bits per heavy atom. The average Bonchev–Trinajstić information content (AvgIpc) is 3.05. The number of Topliss-reactive ketones (excluding diaryl/α,β-unsaturated/α-hetero) is 1. The van der Waals surface area contributed by atoms with Crippen LogP contribution >= 0.6 is 0 Å². The number of hydrogen-bond donors (Lipinski definition) is 2. The minimum Gasteiger partial charge on any atom is -0.481 e. The predicted molar refractivity (Wildman–Crippen MR) is 76.9 cm³/mol. The summed E-state index contributed by atoms with van der Waals surface area (Å²) < 4.78 is 5.60. The minimum absolute atomic E-state index is 0.0355. The van der Waals surface area contributed by atoms with Crippen LogP contribution in [0.5, 0.6) is 0 Å². The summed E-state index contributed by atoms with van der Waals surface area (Å²) in [4.78, 5) is 35.3. The second-order valence-electron chi connectivity index (χ2n) is 6.15. The van der Waals surface area contributed by atoms with Gasteiger partial charge in [-0.1, -0.05) is 0 Å². The number of aliphatic carboxylic acids is 1. The van der Waals surface area contributed by atoms with Crippen molar-refractivity contribution in [1.29, 1.82) is 0 Å². The number of amides is 1. The second-order valence-corrected chi connectivity index (χ2v) is 6.15. The summed E-state index contributed by atoms with van der Waals surface area (Å²) in [7, 11) is 0. The molecule has 0 spiro atoms. The first-order valence-electron chi connectivity index (χ1n) is 7.66. The highest BCUT2D eigenvalue weighted by Crippen LogP contribution is 2.30. The molecule has 1 heterocycles. The fraction of sp³-hybridized carbons (Fsp3) is 0.562. The molecule has 0 saturated heterocycles. The largest absolute Gasteiger partial charge is 0.481 e. The molecule has 1 aromatic rings. The molecule has 0 bridgehead atoms. The molecule has 1 amide bonds. The van der Waals surface area contributed by atoms with Crippen LogP contribution in [0.3, 0.4) is 0 Å². The first-order valence-corrected chi connectivity index (χ1v) is 7.66. The third-order valence-electron chi connectivity index (χ3n) is 4.63. The lowest BCUT2D eigenvalue weighted by Gasteiger charge is -2.11. The van der Waals surface area contributed by atoms with Gasteiger partial charge in [0.1, 0.15) is 5.76 Å². The van der Waals surface area contributed by atoms with E-state index in [-0.39, 0.29) is 23.5 Å². The summed E-state index contributed by atoms with van der Waals surface area (Å²) in [5.74, 6) is -0.721. The van der Waals surface area contributed by atoms with Crippen LogP contribution in [0, 0.1) is 12.8 Å². The molecule has 6 heteroatoms. The van der Waals surface area contributed by atoms with Crippen molar-refractivity contribution in [2.75, 3.05) is 0 Å². The van der Waals surface area contributed by atoms with Crippen molar-refractivity contribution >= 4 is 17.7 Å². The van der Waals surface area contributed by atoms with Gasteiger partial charge < -0.3 is 14.8 Å². The van der Waals surface area contributed by atoms with Gasteiger partial charge in [-0.05, 0) is 32.6 Å². The van der Waals surface area contributed by atoms with Crippen LogP contribution in [0.4, 0.5) is 0 Å². The Bertz CT molecular complexity index is 645. The van der Waals surface area contributed by atoms with E-state index in [0.717, 1.165) is 6.42 Å². The molecule has 0 aromatic carbocycles. The van der Waals surface area contributed by atoms with Crippen LogP contribution in [-0.4, -0.2) is 28.8 Å². The van der Waals surface area contributed by atoms with Crippen molar-refractivity contribution < 1.29 is 23.9 Å². The zero-order chi connectivity index (χ0) is 15.9. The zero-order valence-corrected chi connectivity index (χ0v) is 12.5. The Hall–Kier alpha value is -2.11. The number of carboxylic acid groups (broad SMARTS) is 1. The lowest BCUT2D eigenvalue weighted by molar-refractivity contribution is -0.141. The molecule has 2 N–H and O–H groups in total. The van der Waals surface area contributed by atoms with Gasteiger partial charge in [0.25, 0.3) is 5.91 Å². The lowest BCUT2D eigenvalue weighted by Crippen LogP contribution is -2.33. The minimum atomic E-state index is -0.813. The first kappa shape index (κ1) is 14.8. The van der Waals surface area contributed by atoms with E-state index in [1.54, 1.807) is 6.92 Å². The van der Waals surface area contributed by atoms with Gasteiger partial charge in [0.15, 0.2) is 11.5 Å². The third-order valence-corrected chi connectivity index (χ3v) is 4.63. The van der Waals surface area contributed by atoms with Crippen molar-refractivity contribution in [2.24, 2.45) is 5.92 Å². The lowest BCUT2D eigenvalue weighted by atomic mass is 9.94. The fourth-order valence-electron chi connectivity index (χ4n) is 3.45. The number of fused-ring (bicyclic) bond motifs is 1. The third kappa shape index (κ3) is 2.53. The highest BCUT2D eigenvalue weighted by molar-refractivity contribution is 6.03. The summed E-state index contributed by atoms with van der Waals surface area (Å²) in [6.45, 7) is 1.73. The van der Waals surface area contributed by atoms with Gasteiger partial charge in [-0.15, -0.1) is 0 Å². The topological polar surface area (TPSA) is 96.6 Å². The Kier molecular flexibility index (Phi) is 3.76. The maximum Gasteiger partial charge on any atom is 0.306 e. The average molecular weight is 305 g/mol. The van der Waals surface area contributed by atoms with Gasteiger partial charge >= 0.3 is 5.97 Å². The summed E-state index contributed by atoms with van der Waals surface area (Å²) in [5.41, 5.74) is 1.16. The van der Waals surface area contributed by atoms with Crippen LogP contribution in [0.25, 0.3) is 0 Å². The Labute approximate surface area is 127 Å². The number of nitrogens with one attached hydrogen (secondary N) is 1. The molecular formula is C16H19NO5. The molecule has 22 heavy (non-hydrogen) atoms. The smallest absolute Gasteiger partial charge is 0.306 e. The van der Waals surface area contributed by atoms with Gasteiger partial charge in [0.2, 0.25) is 0 Å². The van der Waals surface area contributed by atoms with Crippen LogP contribution in [0.1, 0.15) is 64.3 Å². The summed E-state index contributed by atoms with van der Waals surface area (Å²) in [5, 5.41) is 11.8. The van der Waals surface area contributed by atoms with E-state index >= 15 is 0 Å². The second kappa shape index (κ2) is 5.59. The molecule has 2 aliphatic carbocycles. The molecule has 0 radical (unpaired) electrons. The Morgan fingerprint density at radius 2 is 2.05 bits per heavy atom. The maximum absolute atomic E-state index is 12.4. The molecule has 118 valence electrons. The molecule has 6 nitrogen and oxygen atoms in total. The predicted octanol–water partition coefficient (Wildman–Crippen LogP) is 2.09. The highest BCUT2D eigenvalue weighted by Gasteiger charge is 2.33. The highest BCUT2D eigenvalue weighted by atomic mass is 16.4. The number of hydrogen-bond acceptors (Lipinski definition) is 4. The van der Waals surface area contributed by atoms with E-state index in [4.69, 9.17) is 9.52 Å². The Morgan fingerprint density at radius 3 is 2.68 bits per heavy atom. The molecule has 1 aromatic heterocycles. The zero-order valence-electron chi connectivity index (χ0n) is 12.5. The van der Waals surface area contributed by atoms with Crippen molar-refractivity contribution in [3.05, 3.63) is 22.6 Å². The van der Waals surface area contributed by atoms with Crippen LogP contribution in [0.2, 0.25) is 0 Å². The van der Waals surface area contributed by atoms with Gasteiger partial charge in [-0.25, -0.2) is 0 Å². The SMILES string of the molecule is Cc1c(C(=O)N[C@@H]2CC[C@H](C(=O)O)C2)oc2c1C(=O)CCC2. The van der Waals surface area contributed by atoms with Gasteiger partial charge in [-0.2, -0.15) is 0 Å².